The third-order valence-electron chi connectivity index (χ3n) is 8.50. The Labute approximate surface area is 205 Å². The minimum atomic E-state index is -3.76. The average molecular weight is 504 g/mol. The number of nitrogens with zero attached hydrogens (tertiary/aromatic N) is 1. The van der Waals surface area contributed by atoms with Crippen molar-refractivity contribution in [2.24, 2.45) is 11.8 Å². The molecule has 1 saturated heterocycles. The zero-order chi connectivity index (χ0) is 24.9. The molecule has 0 radical (unpaired) electrons. The Bertz CT molecular complexity index is 1260. The van der Waals surface area contributed by atoms with E-state index in [1.165, 1.54) is 12.8 Å². The summed E-state index contributed by atoms with van der Waals surface area (Å²) in [6, 6.07) is 3.08. The van der Waals surface area contributed by atoms with E-state index in [-0.39, 0.29) is 47.4 Å². The van der Waals surface area contributed by atoms with E-state index < -0.39 is 27.0 Å². The Balaban J connectivity index is 1.60. The molecule has 190 valence electrons. The molecule has 1 aromatic carbocycles. The fraction of sp³-hybridized carbons (Fsp3) is 0.640. The van der Waals surface area contributed by atoms with Crippen LogP contribution in [0.1, 0.15) is 50.7 Å². The SMILES string of the molecule is CC(C)NC(=O)C1C[C@@]2(O)[C@H]3Cc4ccc(O)c5c4[C@@]2(CCN3CC2CC2)C(=C1NS(C)(=O)=O)O5. The van der Waals surface area contributed by atoms with Crippen LogP contribution < -0.4 is 14.8 Å². The summed E-state index contributed by atoms with van der Waals surface area (Å²) < 4.78 is 33.8. The Hall–Kier alpha value is -2.30. The van der Waals surface area contributed by atoms with E-state index in [1.807, 2.05) is 19.9 Å². The second-order valence-electron chi connectivity index (χ2n) is 11.3. The largest absolute Gasteiger partial charge is 0.504 e. The first-order chi connectivity index (χ1) is 16.4. The van der Waals surface area contributed by atoms with Gasteiger partial charge >= 0.3 is 0 Å². The van der Waals surface area contributed by atoms with Crippen LogP contribution >= 0.6 is 0 Å². The van der Waals surface area contributed by atoms with Crippen molar-refractivity contribution in [2.45, 2.75) is 69.1 Å². The van der Waals surface area contributed by atoms with Crippen molar-refractivity contribution in [1.82, 2.24) is 14.9 Å². The Morgan fingerprint density at radius 3 is 2.71 bits per heavy atom. The van der Waals surface area contributed by atoms with Gasteiger partial charge in [-0.05, 0) is 70.0 Å². The maximum absolute atomic E-state index is 13.4. The van der Waals surface area contributed by atoms with Gasteiger partial charge in [-0.1, -0.05) is 6.07 Å². The number of carbonyl (C=O) groups excluding carboxylic acids is 1. The number of sulfonamides is 1. The van der Waals surface area contributed by atoms with Crippen molar-refractivity contribution < 1.29 is 28.2 Å². The van der Waals surface area contributed by atoms with Crippen molar-refractivity contribution >= 4 is 15.9 Å². The van der Waals surface area contributed by atoms with Crippen LogP contribution in [0.25, 0.3) is 0 Å². The van der Waals surface area contributed by atoms with Gasteiger partial charge in [-0.3, -0.25) is 14.4 Å². The highest BCUT2D eigenvalue weighted by molar-refractivity contribution is 7.88. The predicted octanol–water partition coefficient (Wildman–Crippen LogP) is 1.10. The molecular formula is C25H33N3O6S. The van der Waals surface area contributed by atoms with Crippen LogP contribution in [-0.4, -0.2) is 66.5 Å². The summed E-state index contributed by atoms with van der Waals surface area (Å²) >= 11 is 0. The third-order valence-corrected chi connectivity index (χ3v) is 9.09. The second-order valence-corrected chi connectivity index (χ2v) is 13.1. The predicted molar refractivity (Wildman–Crippen MR) is 128 cm³/mol. The van der Waals surface area contributed by atoms with Crippen LogP contribution in [0.15, 0.2) is 23.6 Å². The molecule has 4 atom stereocenters. The lowest BCUT2D eigenvalue weighted by molar-refractivity contribution is -0.160. The van der Waals surface area contributed by atoms with E-state index in [0.29, 0.717) is 18.8 Å². The number of likely N-dealkylation sites (tertiary alicyclic amines) is 1. The molecule has 0 aromatic heterocycles. The van der Waals surface area contributed by atoms with E-state index in [0.717, 1.165) is 30.5 Å². The van der Waals surface area contributed by atoms with Gasteiger partial charge in [0.2, 0.25) is 15.9 Å². The third kappa shape index (κ3) is 3.25. The number of hydrogen-bond acceptors (Lipinski definition) is 7. The van der Waals surface area contributed by atoms with Crippen molar-refractivity contribution in [3.05, 3.63) is 34.7 Å². The van der Waals surface area contributed by atoms with Crippen LogP contribution in [0, 0.1) is 11.8 Å². The van der Waals surface area contributed by atoms with Gasteiger partial charge < -0.3 is 20.3 Å². The van der Waals surface area contributed by atoms with Crippen LogP contribution in [-0.2, 0) is 26.7 Å². The maximum Gasteiger partial charge on any atom is 0.229 e. The molecule has 35 heavy (non-hydrogen) atoms. The maximum atomic E-state index is 13.4. The molecule has 1 saturated carbocycles. The van der Waals surface area contributed by atoms with Gasteiger partial charge in [-0.15, -0.1) is 0 Å². The number of aromatic hydroxyl groups is 1. The highest BCUT2D eigenvalue weighted by Gasteiger charge is 2.72. The molecule has 5 aliphatic rings. The molecule has 2 aliphatic heterocycles. The average Bonchev–Trinajstić information content (AvgIpc) is 3.49. The molecule has 4 N–H and O–H groups in total. The smallest absolute Gasteiger partial charge is 0.229 e. The number of ether oxygens (including phenoxy) is 1. The molecule has 1 unspecified atom stereocenters. The normalized spacial score (nSPS) is 33.4. The highest BCUT2D eigenvalue weighted by atomic mass is 32.2. The van der Waals surface area contributed by atoms with Gasteiger partial charge in [-0.2, -0.15) is 0 Å². The quantitative estimate of drug-likeness (QED) is 0.458. The van der Waals surface area contributed by atoms with Gasteiger partial charge in [0, 0.05) is 24.2 Å². The lowest BCUT2D eigenvalue weighted by Gasteiger charge is -2.62. The monoisotopic (exact) mass is 503 g/mol. The van der Waals surface area contributed by atoms with E-state index in [1.54, 1.807) is 6.07 Å². The molecular weight excluding hydrogens is 470 g/mol. The number of aliphatic hydroxyl groups is 1. The van der Waals surface area contributed by atoms with E-state index in [9.17, 15) is 23.4 Å². The molecule has 2 bridgehead atoms. The van der Waals surface area contributed by atoms with Crippen LogP contribution in [0.5, 0.6) is 11.5 Å². The number of hydrogen-bond donors (Lipinski definition) is 4. The minimum Gasteiger partial charge on any atom is -0.504 e. The zero-order valence-electron chi connectivity index (χ0n) is 20.3. The number of phenols is 1. The molecule has 6 rings (SSSR count). The summed E-state index contributed by atoms with van der Waals surface area (Å²) in [5, 5.41) is 26.3. The molecule has 3 aliphatic carbocycles. The number of benzene rings is 1. The van der Waals surface area contributed by atoms with Crippen molar-refractivity contribution in [2.75, 3.05) is 19.3 Å². The lowest BCUT2D eigenvalue weighted by Crippen LogP contribution is -2.74. The highest BCUT2D eigenvalue weighted by Crippen LogP contribution is 2.67. The van der Waals surface area contributed by atoms with Crippen LogP contribution in [0.2, 0.25) is 0 Å². The fourth-order valence-electron chi connectivity index (χ4n) is 7.03. The van der Waals surface area contributed by atoms with Gasteiger partial charge in [0.25, 0.3) is 0 Å². The van der Waals surface area contributed by atoms with Gasteiger partial charge in [-0.25, -0.2) is 8.42 Å². The van der Waals surface area contributed by atoms with Gasteiger partial charge in [0.15, 0.2) is 11.5 Å². The van der Waals surface area contributed by atoms with Crippen LogP contribution in [0.4, 0.5) is 0 Å². The standard InChI is InChI=1S/C25H33N3O6S/c1-13(2)26-23(30)16-11-25(31)18-10-15-6-7-17(29)21-19(15)24(25,8-9-28(18)12-14-4-5-14)22(34-21)20(16)27-35(3,32)33/h6-7,13-14,16,18,27,29,31H,4-5,8-12H2,1-3H3,(H,26,30)/t16?,18-,24+,25-/m1/s1. The lowest BCUT2D eigenvalue weighted by atomic mass is 9.49. The minimum absolute atomic E-state index is 0.0527. The topological polar surface area (TPSA) is 128 Å². The fourth-order valence-corrected chi connectivity index (χ4v) is 7.66. The number of carbonyl (C=O) groups is 1. The molecule has 2 heterocycles. The summed E-state index contributed by atoms with van der Waals surface area (Å²) in [4.78, 5) is 15.8. The molecule has 1 amide bonds. The van der Waals surface area contributed by atoms with Crippen molar-refractivity contribution in [3.8, 4) is 11.5 Å². The zero-order valence-corrected chi connectivity index (χ0v) is 21.1. The van der Waals surface area contributed by atoms with Crippen LogP contribution in [0.3, 0.4) is 0 Å². The summed E-state index contributed by atoms with van der Waals surface area (Å²) in [5.41, 5.74) is -0.489. The molecule has 1 spiro atoms. The first-order valence-electron chi connectivity index (χ1n) is 12.5. The number of amides is 1. The number of nitrogens with one attached hydrogen (secondary N) is 2. The Morgan fingerprint density at radius 2 is 2.06 bits per heavy atom. The molecule has 1 aromatic rings. The number of piperidine rings is 1. The number of phenolic OH excluding ortho intramolecular Hbond substituents is 1. The second kappa shape index (κ2) is 7.36. The van der Waals surface area contributed by atoms with Crippen molar-refractivity contribution in [3.63, 3.8) is 0 Å². The van der Waals surface area contributed by atoms with Gasteiger partial charge in [0.05, 0.1) is 28.9 Å². The summed E-state index contributed by atoms with van der Waals surface area (Å²) in [7, 11) is -3.76. The molecule has 9 nitrogen and oxygen atoms in total. The van der Waals surface area contributed by atoms with Crippen molar-refractivity contribution in [1.29, 1.82) is 0 Å². The Kier molecular flexibility index (Phi) is 4.86. The molecule has 2 fully saturated rings. The van der Waals surface area contributed by atoms with E-state index >= 15 is 0 Å². The van der Waals surface area contributed by atoms with E-state index in [2.05, 4.69) is 14.9 Å². The molecule has 10 heteroatoms. The number of rotatable bonds is 6. The summed E-state index contributed by atoms with van der Waals surface area (Å²) in [6.45, 7) is 5.31. The first-order valence-corrected chi connectivity index (χ1v) is 14.4. The first kappa shape index (κ1) is 23.1. The van der Waals surface area contributed by atoms with Gasteiger partial charge in [0.1, 0.15) is 5.76 Å². The van der Waals surface area contributed by atoms with E-state index in [4.69, 9.17) is 4.74 Å². The summed E-state index contributed by atoms with van der Waals surface area (Å²) in [5.74, 6) is -0.199. The Morgan fingerprint density at radius 1 is 1.31 bits per heavy atom. The summed E-state index contributed by atoms with van der Waals surface area (Å²) in [6.07, 6.45) is 4.59.